The third-order valence-corrected chi connectivity index (χ3v) is 3.37. The molecule has 1 aromatic carbocycles. The van der Waals surface area contributed by atoms with Crippen LogP contribution in [0.4, 0.5) is 0 Å². The minimum Gasteiger partial charge on any atom is -0.495 e. The van der Waals surface area contributed by atoms with Gasteiger partial charge in [-0.3, -0.25) is 0 Å². The van der Waals surface area contributed by atoms with Crippen molar-refractivity contribution in [3.8, 4) is 5.75 Å². The summed E-state index contributed by atoms with van der Waals surface area (Å²) in [4.78, 5) is 0. The molecule has 14 heavy (non-hydrogen) atoms. The fourth-order valence-corrected chi connectivity index (χ4v) is 2.93. The molecule has 4 heteroatoms. The number of halogens is 2. The van der Waals surface area contributed by atoms with E-state index in [1.807, 2.05) is 6.07 Å². The molecule has 1 heterocycles. The Morgan fingerprint density at radius 1 is 1.36 bits per heavy atom. The second-order valence-electron chi connectivity index (χ2n) is 3.24. The van der Waals surface area contributed by atoms with Crippen LogP contribution in [0, 0.1) is 0 Å². The lowest BCUT2D eigenvalue weighted by molar-refractivity contribution is 0.00747. The molecule has 0 aromatic heterocycles. The van der Waals surface area contributed by atoms with E-state index in [0.29, 0.717) is 5.92 Å². The van der Waals surface area contributed by atoms with Crippen molar-refractivity contribution >= 4 is 31.9 Å². The van der Waals surface area contributed by atoms with Gasteiger partial charge in [0.05, 0.1) is 24.8 Å². The molecule has 0 bridgehead atoms. The summed E-state index contributed by atoms with van der Waals surface area (Å²) in [6.07, 6.45) is 0. The number of methoxy groups -OCH3 is 1. The number of ether oxygens (including phenoxy) is 2. The van der Waals surface area contributed by atoms with Gasteiger partial charge in [-0.25, -0.2) is 0 Å². The molecule has 0 amide bonds. The van der Waals surface area contributed by atoms with Crippen molar-refractivity contribution in [2.75, 3.05) is 20.3 Å². The Kier molecular flexibility index (Phi) is 3.14. The van der Waals surface area contributed by atoms with Crippen molar-refractivity contribution < 1.29 is 9.47 Å². The fraction of sp³-hybridized carbons (Fsp3) is 0.400. The van der Waals surface area contributed by atoms with Crippen molar-refractivity contribution in [1.82, 2.24) is 0 Å². The summed E-state index contributed by atoms with van der Waals surface area (Å²) in [6.45, 7) is 1.58. The highest BCUT2D eigenvalue weighted by molar-refractivity contribution is 9.11. The number of hydrogen-bond donors (Lipinski definition) is 0. The minimum atomic E-state index is 0.471. The van der Waals surface area contributed by atoms with Crippen LogP contribution in [0.5, 0.6) is 5.75 Å². The van der Waals surface area contributed by atoms with Gasteiger partial charge < -0.3 is 9.47 Å². The molecule has 0 radical (unpaired) electrons. The van der Waals surface area contributed by atoms with Gasteiger partial charge in [0, 0.05) is 16.0 Å². The summed E-state index contributed by atoms with van der Waals surface area (Å²) in [7, 11) is 1.69. The van der Waals surface area contributed by atoms with E-state index in [4.69, 9.17) is 9.47 Å². The normalized spacial score (nSPS) is 16.5. The third-order valence-electron chi connectivity index (χ3n) is 2.32. The number of benzene rings is 1. The highest BCUT2D eigenvalue weighted by Gasteiger charge is 2.25. The Labute approximate surface area is 99.8 Å². The smallest absolute Gasteiger partial charge is 0.136 e. The quantitative estimate of drug-likeness (QED) is 0.832. The van der Waals surface area contributed by atoms with E-state index in [-0.39, 0.29) is 0 Å². The van der Waals surface area contributed by atoms with Gasteiger partial charge in [0.15, 0.2) is 0 Å². The largest absolute Gasteiger partial charge is 0.495 e. The zero-order valence-corrected chi connectivity index (χ0v) is 10.9. The molecule has 2 nitrogen and oxygen atoms in total. The first kappa shape index (κ1) is 10.5. The summed E-state index contributed by atoms with van der Waals surface area (Å²) in [5.74, 6) is 1.39. The first-order valence-electron chi connectivity index (χ1n) is 4.33. The molecule has 0 aliphatic carbocycles. The maximum atomic E-state index is 5.36. The molecule has 1 saturated heterocycles. The molecule has 2 rings (SSSR count). The molecular weight excluding hydrogens is 312 g/mol. The van der Waals surface area contributed by atoms with E-state index in [9.17, 15) is 0 Å². The van der Waals surface area contributed by atoms with Crippen LogP contribution in [-0.4, -0.2) is 20.3 Å². The van der Waals surface area contributed by atoms with E-state index < -0.39 is 0 Å². The summed E-state index contributed by atoms with van der Waals surface area (Å²) >= 11 is 6.96. The first-order valence-corrected chi connectivity index (χ1v) is 5.91. The Hall–Kier alpha value is -0.0600. The molecule has 1 fully saturated rings. The predicted molar refractivity (Wildman–Crippen MR) is 62.0 cm³/mol. The average molecular weight is 322 g/mol. The van der Waals surface area contributed by atoms with Crippen molar-refractivity contribution in [3.63, 3.8) is 0 Å². The molecule has 0 spiro atoms. The number of hydrogen-bond acceptors (Lipinski definition) is 2. The van der Waals surface area contributed by atoms with Crippen LogP contribution in [0.3, 0.4) is 0 Å². The van der Waals surface area contributed by atoms with Gasteiger partial charge in [-0.05, 0) is 28.1 Å². The van der Waals surface area contributed by atoms with Gasteiger partial charge >= 0.3 is 0 Å². The molecule has 1 aliphatic rings. The molecule has 1 aliphatic heterocycles. The topological polar surface area (TPSA) is 18.5 Å². The molecule has 0 saturated carbocycles. The SMILES string of the molecule is COc1c(Br)cc(Br)cc1C1COC1. The molecule has 0 unspecified atom stereocenters. The average Bonchev–Trinajstić information content (AvgIpc) is 1.99. The van der Waals surface area contributed by atoms with E-state index in [1.165, 1.54) is 5.56 Å². The lowest BCUT2D eigenvalue weighted by Gasteiger charge is -2.28. The molecule has 0 N–H and O–H groups in total. The summed E-state index contributed by atoms with van der Waals surface area (Å²) < 4.78 is 12.6. The van der Waals surface area contributed by atoms with Gasteiger partial charge in [-0.1, -0.05) is 15.9 Å². The highest BCUT2D eigenvalue weighted by Crippen LogP contribution is 2.39. The van der Waals surface area contributed by atoms with Gasteiger partial charge in [0.1, 0.15) is 5.75 Å². The molecule has 76 valence electrons. The Balaban J connectivity index is 2.44. The van der Waals surface area contributed by atoms with Crippen LogP contribution in [0.2, 0.25) is 0 Å². The zero-order chi connectivity index (χ0) is 10.1. The summed E-state index contributed by atoms with van der Waals surface area (Å²) in [5.41, 5.74) is 1.21. The molecular formula is C10H10Br2O2. The molecule has 0 atom stereocenters. The van der Waals surface area contributed by atoms with Crippen LogP contribution in [0.25, 0.3) is 0 Å². The zero-order valence-electron chi connectivity index (χ0n) is 7.72. The van der Waals surface area contributed by atoms with Crippen LogP contribution < -0.4 is 4.74 Å². The summed E-state index contributed by atoms with van der Waals surface area (Å²) in [6, 6.07) is 4.08. The Morgan fingerprint density at radius 3 is 2.57 bits per heavy atom. The Bertz CT molecular complexity index is 348. The highest BCUT2D eigenvalue weighted by atomic mass is 79.9. The van der Waals surface area contributed by atoms with E-state index in [0.717, 1.165) is 27.9 Å². The van der Waals surface area contributed by atoms with Crippen molar-refractivity contribution in [2.24, 2.45) is 0 Å². The number of rotatable bonds is 2. The lowest BCUT2D eigenvalue weighted by Crippen LogP contribution is -2.25. The first-order chi connectivity index (χ1) is 6.72. The van der Waals surface area contributed by atoms with Gasteiger partial charge in [0.2, 0.25) is 0 Å². The third kappa shape index (κ3) is 1.83. The van der Waals surface area contributed by atoms with Gasteiger partial charge in [0.25, 0.3) is 0 Å². The van der Waals surface area contributed by atoms with Crippen LogP contribution in [0.1, 0.15) is 11.5 Å². The van der Waals surface area contributed by atoms with Gasteiger partial charge in [-0.15, -0.1) is 0 Å². The molecule has 1 aromatic rings. The monoisotopic (exact) mass is 320 g/mol. The standard InChI is InChI=1S/C10H10Br2O2/c1-13-10-8(6-4-14-5-6)2-7(11)3-9(10)12/h2-3,6H,4-5H2,1H3. The van der Waals surface area contributed by atoms with E-state index in [1.54, 1.807) is 7.11 Å². The van der Waals surface area contributed by atoms with Crippen molar-refractivity contribution in [1.29, 1.82) is 0 Å². The van der Waals surface area contributed by atoms with E-state index in [2.05, 4.69) is 37.9 Å². The Morgan fingerprint density at radius 2 is 2.07 bits per heavy atom. The van der Waals surface area contributed by atoms with Crippen molar-refractivity contribution in [3.05, 3.63) is 26.6 Å². The van der Waals surface area contributed by atoms with Crippen LogP contribution in [0.15, 0.2) is 21.1 Å². The second-order valence-corrected chi connectivity index (χ2v) is 5.01. The van der Waals surface area contributed by atoms with Crippen molar-refractivity contribution in [2.45, 2.75) is 5.92 Å². The maximum absolute atomic E-state index is 5.36. The minimum absolute atomic E-state index is 0.471. The maximum Gasteiger partial charge on any atom is 0.136 e. The summed E-state index contributed by atoms with van der Waals surface area (Å²) in [5, 5.41) is 0. The predicted octanol–water partition coefficient (Wildman–Crippen LogP) is 3.33. The fourth-order valence-electron chi connectivity index (χ4n) is 1.51. The second kappa shape index (κ2) is 4.21. The van der Waals surface area contributed by atoms with Crippen LogP contribution in [-0.2, 0) is 4.74 Å². The van der Waals surface area contributed by atoms with E-state index >= 15 is 0 Å². The van der Waals surface area contributed by atoms with Gasteiger partial charge in [-0.2, -0.15) is 0 Å². The lowest BCUT2D eigenvalue weighted by atomic mass is 9.97. The van der Waals surface area contributed by atoms with Crippen LogP contribution >= 0.6 is 31.9 Å².